The van der Waals surface area contributed by atoms with Gasteiger partial charge in [0.25, 0.3) is 0 Å². The van der Waals surface area contributed by atoms with Gasteiger partial charge in [-0.05, 0) is 88.8 Å². The summed E-state index contributed by atoms with van der Waals surface area (Å²) in [6.45, 7) is 12.9. The van der Waals surface area contributed by atoms with Gasteiger partial charge in [0.15, 0.2) is 13.4 Å². The first kappa shape index (κ1) is 28.2. The molecule has 0 aromatic heterocycles. The fraction of sp³-hybridized carbons (Fsp3) is 0.478. The van der Waals surface area contributed by atoms with Crippen LogP contribution in [-0.4, -0.2) is 30.8 Å². The Morgan fingerprint density at radius 2 is 1.60 bits per heavy atom. The van der Waals surface area contributed by atoms with Gasteiger partial charge in [-0.25, -0.2) is 0 Å². The summed E-state index contributed by atoms with van der Waals surface area (Å²) in [4.78, 5) is 24.2. The van der Waals surface area contributed by atoms with Gasteiger partial charge in [-0.1, -0.05) is 32.5 Å². The summed E-state index contributed by atoms with van der Waals surface area (Å²) in [5.74, 6) is 0.743. The maximum absolute atomic E-state index is 12.2. The van der Waals surface area contributed by atoms with Crippen molar-refractivity contribution in [2.24, 2.45) is 5.92 Å². The van der Waals surface area contributed by atoms with Gasteiger partial charge >= 0.3 is 17.1 Å². The van der Waals surface area contributed by atoms with Gasteiger partial charge in [-0.2, -0.15) is 0 Å². The summed E-state index contributed by atoms with van der Waals surface area (Å²) in [7, 11) is -1.94. The van der Waals surface area contributed by atoms with Gasteiger partial charge < -0.3 is 9.74 Å². The van der Waals surface area contributed by atoms with Crippen LogP contribution in [0, 0.1) is 69.6 Å². The van der Waals surface area contributed by atoms with Gasteiger partial charge in [0.05, 0.1) is 17.4 Å². The molecule has 1 amide bonds. The predicted molar refractivity (Wildman–Crippen MR) is 122 cm³/mol. The van der Waals surface area contributed by atoms with Gasteiger partial charge in [0.2, 0.25) is 5.91 Å². The van der Waals surface area contributed by atoms with Crippen LogP contribution in [0.5, 0.6) is 0 Å². The third-order valence-electron chi connectivity index (χ3n) is 5.60. The van der Waals surface area contributed by atoms with Crippen molar-refractivity contribution in [2.75, 3.05) is 0 Å². The van der Waals surface area contributed by atoms with E-state index in [0.717, 1.165) is 5.92 Å². The molecule has 3 fully saturated rings. The Labute approximate surface area is 200 Å². The molecule has 0 spiro atoms. The number of amides is 1. The summed E-state index contributed by atoms with van der Waals surface area (Å²) in [6, 6.07) is 0. The molecule has 164 valence electrons. The Morgan fingerprint density at radius 3 is 2.03 bits per heavy atom. The third kappa shape index (κ3) is 8.27. The molecule has 0 aromatic carbocycles. The van der Waals surface area contributed by atoms with E-state index in [9.17, 15) is 9.59 Å². The van der Waals surface area contributed by atoms with Gasteiger partial charge in [-0.3, -0.25) is 9.59 Å². The quantitative estimate of drug-likeness (QED) is 0.442. The molecule has 1 saturated heterocycles. The number of nitrogens with one attached hydrogen (secondary N) is 1. The Hall–Kier alpha value is 0.186. The molecular formula is C23H33FeNO3SSi+2. The minimum Gasteiger partial charge on any atom is -0.413 e. The number of carbonyl (C=O) groups excluding carboxylic acids is 2. The van der Waals surface area contributed by atoms with Crippen LogP contribution in [0.25, 0.3) is 0 Å². The largest absolute Gasteiger partial charge is 2.00 e. The van der Waals surface area contributed by atoms with Crippen molar-refractivity contribution in [3.63, 3.8) is 0 Å². The first-order valence-corrected chi connectivity index (χ1v) is 13.8. The van der Waals surface area contributed by atoms with Crippen molar-refractivity contribution in [3.05, 3.63) is 63.7 Å². The first-order chi connectivity index (χ1) is 13.5. The molecule has 10 radical (unpaired) electrons. The van der Waals surface area contributed by atoms with Crippen molar-refractivity contribution in [1.82, 2.24) is 5.32 Å². The average molecular weight is 488 g/mol. The predicted octanol–water partition coefficient (Wildman–Crippen LogP) is 4.54. The molecule has 4 nitrogen and oxygen atoms in total. The van der Waals surface area contributed by atoms with Crippen LogP contribution in [0.4, 0.5) is 0 Å². The average Bonchev–Trinajstić information content (AvgIpc) is 3.28. The van der Waals surface area contributed by atoms with E-state index in [1.54, 1.807) is 0 Å². The summed E-state index contributed by atoms with van der Waals surface area (Å²) in [5, 5.41) is 2.84. The molecule has 1 heterocycles. The second-order valence-electron chi connectivity index (χ2n) is 8.96. The zero-order valence-corrected chi connectivity index (χ0v) is 21.5. The molecule has 0 aromatic rings. The Balaban J connectivity index is 0.000000655. The van der Waals surface area contributed by atoms with E-state index in [0.29, 0.717) is 6.42 Å². The number of rotatable bonds is 6. The van der Waals surface area contributed by atoms with Crippen LogP contribution in [0.2, 0.25) is 18.1 Å². The van der Waals surface area contributed by atoms with Crippen LogP contribution in [0.1, 0.15) is 34.1 Å². The monoisotopic (exact) mass is 487 g/mol. The molecule has 2 aliphatic carbocycles. The summed E-state index contributed by atoms with van der Waals surface area (Å²) in [5.41, 5.74) is 0. The van der Waals surface area contributed by atoms with Gasteiger partial charge in [-0.15, -0.1) is 0 Å². The van der Waals surface area contributed by atoms with Crippen LogP contribution < -0.4 is 5.32 Å². The van der Waals surface area contributed by atoms with Crippen molar-refractivity contribution >= 4 is 31.1 Å². The molecule has 7 heteroatoms. The topological polar surface area (TPSA) is 55.4 Å². The summed E-state index contributed by atoms with van der Waals surface area (Å²) >= 11 is 1.22. The first-order valence-electron chi connectivity index (χ1n) is 10.1. The van der Waals surface area contributed by atoms with E-state index in [1.165, 1.54) is 11.8 Å². The van der Waals surface area contributed by atoms with Crippen molar-refractivity contribution < 1.29 is 31.1 Å². The number of hydrogen-bond donors (Lipinski definition) is 1. The number of carbonyl (C=O) groups is 2. The van der Waals surface area contributed by atoms with Crippen LogP contribution >= 0.6 is 11.8 Å². The van der Waals surface area contributed by atoms with E-state index < -0.39 is 8.32 Å². The van der Waals surface area contributed by atoms with Crippen molar-refractivity contribution in [2.45, 2.75) is 63.7 Å². The second kappa shape index (κ2) is 12.4. The fourth-order valence-electron chi connectivity index (χ4n) is 2.85. The number of β-lactam (4-membered cyclic amide) rings is 1. The van der Waals surface area contributed by atoms with E-state index >= 15 is 0 Å². The number of hydrogen-bond acceptors (Lipinski definition) is 4. The fourth-order valence-corrected chi connectivity index (χ4v) is 5.48. The second-order valence-corrected chi connectivity index (χ2v) is 14.9. The maximum atomic E-state index is 12.2. The molecule has 1 N–H and O–H groups in total. The van der Waals surface area contributed by atoms with E-state index in [2.05, 4.69) is 39.2 Å². The molecular weight excluding hydrogens is 454 g/mol. The zero-order chi connectivity index (χ0) is 21.7. The molecule has 1 aliphatic heterocycles. The standard InChI is InChI=1S/C18H28NO3SSi.C5H5.Fe/c1-12(22-24(5,6)18(2,3)4)15-16(21)19-17(15)23-14(20)11-13-9-7-8-10-13;1-2-4-5-3-1;/h7-10,12,15,17H,11H2,1-6H3,(H,19,21);1-5H;/q;;+2/t12-,15+,17-;;/m1../s1. The molecule has 3 atom stereocenters. The van der Waals surface area contributed by atoms with Crippen LogP contribution in [0.15, 0.2) is 0 Å². The van der Waals surface area contributed by atoms with E-state index in [1.807, 2.05) is 64.7 Å². The molecule has 30 heavy (non-hydrogen) atoms. The third-order valence-corrected chi connectivity index (χ3v) is 11.2. The molecule has 2 saturated carbocycles. The Bertz CT molecular complexity index is 550. The minimum absolute atomic E-state index is 0. The van der Waals surface area contributed by atoms with Crippen LogP contribution in [0.3, 0.4) is 0 Å². The van der Waals surface area contributed by atoms with E-state index in [4.69, 9.17) is 4.43 Å². The summed E-state index contributed by atoms with van der Waals surface area (Å²) in [6.07, 6.45) is 18.0. The Kier molecular flexibility index (Phi) is 11.7. The van der Waals surface area contributed by atoms with E-state index in [-0.39, 0.29) is 50.5 Å². The van der Waals surface area contributed by atoms with Crippen molar-refractivity contribution in [3.8, 4) is 0 Å². The number of thioether (sulfide) groups is 1. The molecule has 3 rings (SSSR count). The molecule has 3 aliphatic rings. The van der Waals surface area contributed by atoms with Crippen LogP contribution in [-0.2, 0) is 31.1 Å². The normalized spacial score (nSPS) is 25.5. The van der Waals surface area contributed by atoms with Gasteiger partial charge in [0.1, 0.15) is 0 Å². The Morgan fingerprint density at radius 1 is 1.10 bits per heavy atom. The molecule has 0 bridgehead atoms. The summed E-state index contributed by atoms with van der Waals surface area (Å²) < 4.78 is 6.35. The SMILES string of the molecule is C[C@@H](O[Si](C)(C)C(C)(C)C)[C@H]1C(=O)N[C@@H]1SC(=O)C[C]1[CH][CH][CH][CH]1.[CH]1[CH][CH][CH][CH]1.[Fe+2]. The minimum atomic E-state index is -1.94. The van der Waals surface area contributed by atoms with Crippen molar-refractivity contribution in [1.29, 1.82) is 0 Å². The molecule has 0 unspecified atom stereocenters. The zero-order valence-electron chi connectivity index (χ0n) is 18.6. The smallest absolute Gasteiger partial charge is 0.413 e. The van der Waals surface area contributed by atoms with Gasteiger partial charge in [0, 0.05) is 6.42 Å². The maximum Gasteiger partial charge on any atom is 2.00 e.